The molecule has 0 radical (unpaired) electrons. The largest absolute Gasteiger partial charge is 0.491 e. The van der Waals surface area contributed by atoms with E-state index in [0.29, 0.717) is 13.2 Å². The van der Waals surface area contributed by atoms with Crippen LogP contribution in [0.1, 0.15) is 20.9 Å². The Balaban J connectivity index is 1.70. The van der Waals surface area contributed by atoms with E-state index in [1.54, 1.807) is 11.3 Å². The van der Waals surface area contributed by atoms with Crippen LogP contribution in [0, 0.1) is 20.8 Å². The van der Waals surface area contributed by atoms with E-state index in [-0.39, 0.29) is 0 Å². The molecule has 2 N–H and O–H groups in total. The molecule has 0 bridgehead atoms. The summed E-state index contributed by atoms with van der Waals surface area (Å²) in [6, 6.07) is 10.0. The van der Waals surface area contributed by atoms with Gasteiger partial charge >= 0.3 is 0 Å². The zero-order valence-electron chi connectivity index (χ0n) is 12.8. The van der Waals surface area contributed by atoms with E-state index in [1.165, 1.54) is 15.3 Å². The second-order valence-corrected chi connectivity index (χ2v) is 6.65. The first kappa shape index (κ1) is 16.0. The molecule has 2 aromatic rings. The third kappa shape index (κ3) is 4.84. The molecule has 0 amide bonds. The number of benzene rings is 1. The number of thiophene rings is 1. The molecule has 1 aromatic heterocycles. The van der Waals surface area contributed by atoms with E-state index in [9.17, 15) is 5.11 Å². The summed E-state index contributed by atoms with van der Waals surface area (Å²) in [7, 11) is 0. The number of ether oxygens (including phenoxy) is 1. The van der Waals surface area contributed by atoms with Crippen LogP contribution >= 0.6 is 11.3 Å². The average molecular weight is 305 g/mol. The molecule has 1 heterocycles. The van der Waals surface area contributed by atoms with Gasteiger partial charge in [0.15, 0.2) is 0 Å². The summed E-state index contributed by atoms with van der Waals surface area (Å²) < 4.78 is 5.64. The first-order valence-electron chi connectivity index (χ1n) is 7.19. The van der Waals surface area contributed by atoms with Crippen molar-refractivity contribution in [2.75, 3.05) is 13.2 Å². The fraction of sp³-hybridized carbons (Fsp3) is 0.412. The fourth-order valence-corrected chi connectivity index (χ4v) is 3.09. The highest BCUT2D eigenvalue weighted by Crippen LogP contribution is 2.20. The van der Waals surface area contributed by atoms with Gasteiger partial charge in [0.05, 0.1) is 0 Å². The number of rotatable bonds is 7. The van der Waals surface area contributed by atoms with Crippen LogP contribution in [0.2, 0.25) is 0 Å². The summed E-state index contributed by atoms with van der Waals surface area (Å²) in [5, 5.41) is 13.2. The number of hydrogen-bond donors (Lipinski definition) is 2. The number of aryl methyl sites for hydroxylation is 3. The maximum Gasteiger partial charge on any atom is 0.122 e. The van der Waals surface area contributed by atoms with Crippen molar-refractivity contribution < 1.29 is 9.84 Å². The second kappa shape index (κ2) is 7.59. The van der Waals surface area contributed by atoms with Gasteiger partial charge in [-0.15, -0.1) is 11.3 Å². The van der Waals surface area contributed by atoms with Crippen molar-refractivity contribution in [3.05, 3.63) is 51.2 Å². The molecule has 114 valence electrons. The lowest BCUT2D eigenvalue weighted by molar-refractivity contribution is 0.106. The highest BCUT2D eigenvalue weighted by Gasteiger charge is 2.07. The van der Waals surface area contributed by atoms with Crippen molar-refractivity contribution in [2.45, 2.75) is 33.4 Å². The van der Waals surface area contributed by atoms with Crippen LogP contribution in [-0.4, -0.2) is 24.4 Å². The van der Waals surface area contributed by atoms with E-state index in [2.05, 4.69) is 25.2 Å². The van der Waals surface area contributed by atoms with Gasteiger partial charge in [0, 0.05) is 22.8 Å². The average Bonchev–Trinajstić information content (AvgIpc) is 2.77. The van der Waals surface area contributed by atoms with Crippen LogP contribution in [0.15, 0.2) is 30.3 Å². The summed E-state index contributed by atoms with van der Waals surface area (Å²) in [6.07, 6.45) is -0.508. The zero-order chi connectivity index (χ0) is 15.2. The lowest BCUT2D eigenvalue weighted by atomic mass is 10.2. The van der Waals surface area contributed by atoms with Crippen molar-refractivity contribution in [2.24, 2.45) is 0 Å². The first-order valence-corrected chi connectivity index (χ1v) is 8.01. The summed E-state index contributed by atoms with van der Waals surface area (Å²) in [4.78, 5) is 2.66. The van der Waals surface area contributed by atoms with E-state index in [4.69, 9.17) is 4.74 Å². The highest BCUT2D eigenvalue weighted by atomic mass is 32.1. The molecule has 3 nitrogen and oxygen atoms in total. The van der Waals surface area contributed by atoms with E-state index in [1.807, 2.05) is 31.2 Å². The van der Waals surface area contributed by atoms with E-state index >= 15 is 0 Å². The maximum absolute atomic E-state index is 9.96. The number of aliphatic hydroxyl groups is 1. The highest BCUT2D eigenvalue weighted by molar-refractivity contribution is 7.12. The van der Waals surface area contributed by atoms with Crippen molar-refractivity contribution >= 4 is 11.3 Å². The molecule has 2 rings (SSSR count). The topological polar surface area (TPSA) is 41.5 Å². The predicted molar refractivity (Wildman–Crippen MR) is 88.2 cm³/mol. The maximum atomic E-state index is 9.96. The number of nitrogens with one attached hydrogen (secondary N) is 1. The Bertz CT molecular complexity index is 560. The Hall–Kier alpha value is -1.36. The van der Waals surface area contributed by atoms with Crippen LogP contribution in [0.25, 0.3) is 0 Å². The van der Waals surface area contributed by atoms with Crippen molar-refractivity contribution in [1.29, 1.82) is 0 Å². The molecule has 0 fully saturated rings. The first-order chi connectivity index (χ1) is 10.1. The third-order valence-electron chi connectivity index (χ3n) is 3.42. The van der Waals surface area contributed by atoms with Gasteiger partial charge in [0.2, 0.25) is 0 Å². The summed E-state index contributed by atoms with van der Waals surface area (Å²) in [5.74, 6) is 0.834. The van der Waals surface area contributed by atoms with Crippen LogP contribution in [0.3, 0.4) is 0 Å². The predicted octanol–water partition coefficient (Wildman–Crippen LogP) is 3.20. The number of aliphatic hydroxyl groups excluding tert-OH is 1. The van der Waals surface area contributed by atoms with Crippen LogP contribution in [0.4, 0.5) is 0 Å². The minimum atomic E-state index is -0.508. The molecule has 21 heavy (non-hydrogen) atoms. The quantitative estimate of drug-likeness (QED) is 0.825. The van der Waals surface area contributed by atoms with Crippen molar-refractivity contribution in [1.82, 2.24) is 5.32 Å². The van der Waals surface area contributed by atoms with Gasteiger partial charge in [-0.05, 0) is 44.0 Å². The summed E-state index contributed by atoms with van der Waals surface area (Å²) in [6.45, 7) is 7.89. The van der Waals surface area contributed by atoms with E-state index < -0.39 is 6.10 Å². The molecule has 0 aliphatic rings. The molecule has 0 spiro atoms. The van der Waals surface area contributed by atoms with Crippen LogP contribution in [-0.2, 0) is 6.54 Å². The number of para-hydroxylation sites is 1. The molecule has 0 saturated carbocycles. The Morgan fingerprint density at radius 3 is 2.62 bits per heavy atom. The molecule has 1 atom stereocenters. The van der Waals surface area contributed by atoms with Gasteiger partial charge in [-0.1, -0.05) is 18.2 Å². The number of hydrogen-bond acceptors (Lipinski definition) is 4. The van der Waals surface area contributed by atoms with E-state index in [0.717, 1.165) is 17.9 Å². The van der Waals surface area contributed by atoms with Gasteiger partial charge in [0.25, 0.3) is 0 Å². The minimum Gasteiger partial charge on any atom is -0.491 e. The smallest absolute Gasteiger partial charge is 0.122 e. The molecular formula is C17H23NO2S. The molecular weight excluding hydrogens is 282 g/mol. The standard InChI is InChI=1S/C17H23NO2S/c1-12-6-4-5-7-17(12)20-11-15(19)9-18-10-16-8-13(2)14(3)21-16/h4-8,15,18-19H,9-11H2,1-3H3. The monoisotopic (exact) mass is 305 g/mol. The zero-order valence-corrected chi connectivity index (χ0v) is 13.7. The molecule has 1 unspecified atom stereocenters. The molecule has 0 saturated heterocycles. The van der Waals surface area contributed by atoms with Crippen LogP contribution < -0.4 is 10.1 Å². The lowest BCUT2D eigenvalue weighted by Crippen LogP contribution is -2.31. The molecule has 1 aromatic carbocycles. The van der Waals surface area contributed by atoms with Gasteiger partial charge in [-0.25, -0.2) is 0 Å². The molecule has 0 aliphatic heterocycles. The Morgan fingerprint density at radius 2 is 1.95 bits per heavy atom. The third-order valence-corrected chi connectivity index (χ3v) is 4.57. The Morgan fingerprint density at radius 1 is 1.19 bits per heavy atom. The second-order valence-electron chi connectivity index (χ2n) is 5.31. The molecule has 4 heteroatoms. The van der Waals surface area contributed by atoms with Gasteiger partial charge in [-0.3, -0.25) is 0 Å². The summed E-state index contributed by atoms with van der Waals surface area (Å²) in [5.41, 5.74) is 2.42. The Labute approximate surface area is 130 Å². The van der Waals surface area contributed by atoms with Crippen LogP contribution in [0.5, 0.6) is 5.75 Å². The van der Waals surface area contributed by atoms with Crippen molar-refractivity contribution in [3.63, 3.8) is 0 Å². The van der Waals surface area contributed by atoms with Gasteiger partial charge in [-0.2, -0.15) is 0 Å². The fourth-order valence-electron chi connectivity index (χ4n) is 2.06. The van der Waals surface area contributed by atoms with Gasteiger partial charge < -0.3 is 15.2 Å². The normalized spacial score (nSPS) is 12.4. The van der Waals surface area contributed by atoms with Gasteiger partial charge in [0.1, 0.15) is 18.5 Å². The minimum absolute atomic E-state index is 0.306. The van der Waals surface area contributed by atoms with Crippen molar-refractivity contribution in [3.8, 4) is 5.75 Å². The SMILES string of the molecule is Cc1ccccc1OCC(O)CNCc1cc(C)c(C)s1. The summed E-state index contributed by atoms with van der Waals surface area (Å²) >= 11 is 1.80. The molecule has 0 aliphatic carbocycles. The Kier molecular flexibility index (Phi) is 5.79. The lowest BCUT2D eigenvalue weighted by Gasteiger charge is -2.14.